The number of carboxylic acids is 1. The number of anilines is 1. The van der Waals surface area contributed by atoms with E-state index in [-0.39, 0.29) is 11.6 Å². The maximum atomic E-state index is 13.0. The molecule has 0 aliphatic rings. The van der Waals surface area contributed by atoms with Crippen molar-refractivity contribution in [2.75, 3.05) is 18.5 Å². The van der Waals surface area contributed by atoms with Gasteiger partial charge >= 0.3 is 12.1 Å². The minimum Gasteiger partial charge on any atom is -0.480 e. The smallest absolute Gasteiger partial charge is 0.433 e. The van der Waals surface area contributed by atoms with Crippen molar-refractivity contribution >= 4 is 27.8 Å². The Labute approximate surface area is 137 Å². The van der Waals surface area contributed by atoms with E-state index in [0.717, 1.165) is 11.0 Å². The molecule has 0 radical (unpaired) electrons. The molecule has 1 N–H and O–H groups in total. The highest BCUT2D eigenvalue weighted by Crippen LogP contribution is 2.32. The van der Waals surface area contributed by atoms with Crippen LogP contribution in [0.2, 0.25) is 0 Å². The van der Waals surface area contributed by atoms with Crippen molar-refractivity contribution in [3.05, 3.63) is 40.5 Å². The second kappa shape index (κ2) is 6.53. The van der Waals surface area contributed by atoms with Gasteiger partial charge < -0.3 is 10.0 Å². The third kappa shape index (κ3) is 4.41. The summed E-state index contributed by atoms with van der Waals surface area (Å²) >= 11 is 3.24. The number of halogens is 4. The van der Waals surface area contributed by atoms with Crippen molar-refractivity contribution < 1.29 is 23.1 Å². The fraction of sp³-hybridized carbons (Fsp3) is 0.214. The molecule has 0 spiro atoms. The SMILES string of the molecule is CN(CC(=O)O)c1nc(-c2cccc(Br)c2)cc(C(F)(F)F)n1. The van der Waals surface area contributed by atoms with E-state index in [4.69, 9.17) is 5.11 Å². The summed E-state index contributed by atoms with van der Waals surface area (Å²) in [5, 5.41) is 8.77. The lowest BCUT2D eigenvalue weighted by atomic mass is 10.1. The summed E-state index contributed by atoms with van der Waals surface area (Å²) in [4.78, 5) is 19.2. The standard InChI is InChI=1S/C14H11BrF3N3O2/c1-21(7-12(22)23)13-19-10(6-11(20-13)14(16,17)18)8-3-2-4-9(15)5-8/h2-6H,7H2,1H3,(H,22,23). The Morgan fingerprint density at radius 2 is 2.00 bits per heavy atom. The number of benzene rings is 1. The summed E-state index contributed by atoms with van der Waals surface area (Å²) in [5.74, 6) is -1.50. The normalized spacial score (nSPS) is 11.3. The van der Waals surface area contributed by atoms with Gasteiger partial charge in [0, 0.05) is 17.1 Å². The molecule has 2 aromatic rings. The zero-order valence-corrected chi connectivity index (χ0v) is 13.4. The van der Waals surface area contributed by atoms with Crippen LogP contribution in [0.5, 0.6) is 0 Å². The number of aliphatic carboxylic acids is 1. The summed E-state index contributed by atoms with van der Waals surface area (Å²) in [6.07, 6.45) is -4.66. The molecule has 0 atom stereocenters. The van der Waals surface area contributed by atoms with Crippen molar-refractivity contribution in [2.24, 2.45) is 0 Å². The Hall–Kier alpha value is -2.16. The maximum absolute atomic E-state index is 13.0. The molecule has 2 rings (SSSR count). The van der Waals surface area contributed by atoms with Crippen molar-refractivity contribution in [1.82, 2.24) is 9.97 Å². The van der Waals surface area contributed by atoms with Gasteiger partial charge in [-0.3, -0.25) is 4.79 Å². The van der Waals surface area contributed by atoms with Crippen LogP contribution in [0.1, 0.15) is 5.69 Å². The van der Waals surface area contributed by atoms with Gasteiger partial charge in [-0.25, -0.2) is 9.97 Å². The van der Waals surface area contributed by atoms with Gasteiger partial charge in [0.25, 0.3) is 0 Å². The number of nitrogens with zero attached hydrogens (tertiary/aromatic N) is 3. The predicted molar refractivity (Wildman–Crippen MR) is 81.1 cm³/mol. The van der Waals surface area contributed by atoms with Gasteiger partial charge in [0.1, 0.15) is 6.54 Å². The molecular formula is C14H11BrF3N3O2. The average molecular weight is 390 g/mol. The number of rotatable bonds is 4. The van der Waals surface area contributed by atoms with E-state index >= 15 is 0 Å². The number of aromatic nitrogens is 2. The van der Waals surface area contributed by atoms with E-state index < -0.39 is 24.4 Å². The Kier molecular flexibility index (Phi) is 4.88. The lowest BCUT2D eigenvalue weighted by Gasteiger charge is -2.17. The van der Waals surface area contributed by atoms with Crippen LogP contribution in [-0.2, 0) is 11.0 Å². The molecule has 1 heterocycles. The van der Waals surface area contributed by atoms with Crippen LogP contribution in [0.25, 0.3) is 11.3 Å². The quantitative estimate of drug-likeness (QED) is 0.867. The third-order valence-electron chi connectivity index (χ3n) is 2.84. The lowest BCUT2D eigenvalue weighted by Crippen LogP contribution is -2.28. The Morgan fingerprint density at radius 3 is 2.57 bits per heavy atom. The van der Waals surface area contributed by atoms with Crippen LogP contribution < -0.4 is 4.90 Å². The van der Waals surface area contributed by atoms with Gasteiger partial charge in [-0.2, -0.15) is 13.2 Å². The molecule has 0 saturated heterocycles. The molecule has 5 nitrogen and oxygen atoms in total. The van der Waals surface area contributed by atoms with E-state index in [1.165, 1.54) is 7.05 Å². The zero-order chi connectivity index (χ0) is 17.2. The molecule has 0 unspecified atom stereocenters. The van der Waals surface area contributed by atoms with E-state index in [1.54, 1.807) is 24.3 Å². The van der Waals surface area contributed by atoms with Gasteiger partial charge in [0.2, 0.25) is 5.95 Å². The minimum atomic E-state index is -4.66. The van der Waals surface area contributed by atoms with Crippen LogP contribution >= 0.6 is 15.9 Å². The number of likely N-dealkylation sites (N-methyl/N-ethyl adjacent to an activating group) is 1. The highest BCUT2D eigenvalue weighted by Gasteiger charge is 2.34. The van der Waals surface area contributed by atoms with E-state index in [9.17, 15) is 18.0 Å². The summed E-state index contributed by atoms with van der Waals surface area (Å²) < 4.78 is 39.8. The predicted octanol–water partition coefficient (Wildman–Crippen LogP) is 3.45. The number of hydrogen-bond acceptors (Lipinski definition) is 4. The first-order chi connectivity index (χ1) is 10.7. The van der Waals surface area contributed by atoms with E-state index in [2.05, 4.69) is 25.9 Å². The molecule has 1 aromatic heterocycles. The molecule has 0 aliphatic carbocycles. The second-order valence-corrected chi connectivity index (χ2v) is 5.61. The van der Waals surface area contributed by atoms with Crippen molar-refractivity contribution in [3.8, 4) is 11.3 Å². The van der Waals surface area contributed by atoms with E-state index in [0.29, 0.717) is 10.0 Å². The first-order valence-corrected chi connectivity index (χ1v) is 7.11. The van der Waals surface area contributed by atoms with Gasteiger partial charge in [-0.1, -0.05) is 28.1 Å². The highest BCUT2D eigenvalue weighted by atomic mass is 79.9. The molecule has 122 valence electrons. The number of hydrogen-bond donors (Lipinski definition) is 1. The number of carboxylic acid groups (broad SMARTS) is 1. The third-order valence-corrected chi connectivity index (χ3v) is 3.33. The summed E-state index contributed by atoms with van der Waals surface area (Å²) in [7, 11) is 1.31. The van der Waals surface area contributed by atoms with Crippen LogP contribution in [0.4, 0.5) is 19.1 Å². The lowest BCUT2D eigenvalue weighted by molar-refractivity contribution is -0.141. The Balaban J connectivity index is 2.56. The summed E-state index contributed by atoms with van der Waals surface area (Å²) in [6, 6.07) is 7.44. The van der Waals surface area contributed by atoms with Crippen LogP contribution in [0.3, 0.4) is 0 Å². The fourth-order valence-electron chi connectivity index (χ4n) is 1.82. The first-order valence-electron chi connectivity index (χ1n) is 6.32. The molecule has 23 heavy (non-hydrogen) atoms. The van der Waals surface area contributed by atoms with Gasteiger partial charge in [0.05, 0.1) is 5.69 Å². The molecule has 0 bridgehead atoms. The second-order valence-electron chi connectivity index (χ2n) is 4.70. The van der Waals surface area contributed by atoms with Gasteiger partial charge in [0.15, 0.2) is 5.69 Å². The maximum Gasteiger partial charge on any atom is 0.433 e. The molecule has 0 saturated carbocycles. The van der Waals surface area contributed by atoms with Gasteiger partial charge in [-0.15, -0.1) is 0 Å². The van der Waals surface area contributed by atoms with Crippen LogP contribution in [0, 0.1) is 0 Å². The highest BCUT2D eigenvalue weighted by molar-refractivity contribution is 9.10. The summed E-state index contributed by atoms with van der Waals surface area (Å²) in [6.45, 7) is -0.515. The zero-order valence-electron chi connectivity index (χ0n) is 11.8. The van der Waals surface area contributed by atoms with E-state index in [1.807, 2.05) is 0 Å². The molecule has 0 aliphatic heterocycles. The Bertz CT molecular complexity index is 737. The monoisotopic (exact) mass is 389 g/mol. The largest absolute Gasteiger partial charge is 0.480 e. The minimum absolute atomic E-state index is 0.0564. The molecule has 1 aromatic carbocycles. The average Bonchev–Trinajstić information content (AvgIpc) is 2.45. The van der Waals surface area contributed by atoms with Gasteiger partial charge in [-0.05, 0) is 18.2 Å². The summed E-state index contributed by atoms with van der Waals surface area (Å²) in [5.41, 5.74) is -0.618. The molecule has 0 fully saturated rings. The molecular weight excluding hydrogens is 379 g/mol. The number of carbonyl (C=O) groups is 1. The number of alkyl halides is 3. The topological polar surface area (TPSA) is 66.3 Å². The molecule has 0 amide bonds. The van der Waals surface area contributed by atoms with Crippen molar-refractivity contribution in [1.29, 1.82) is 0 Å². The Morgan fingerprint density at radius 1 is 1.30 bits per heavy atom. The fourth-order valence-corrected chi connectivity index (χ4v) is 2.22. The first kappa shape index (κ1) is 17.2. The van der Waals surface area contributed by atoms with Crippen LogP contribution in [-0.4, -0.2) is 34.6 Å². The van der Waals surface area contributed by atoms with Crippen molar-refractivity contribution in [2.45, 2.75) is 6.18 Å². The van der Waals surface area contributed by atoms with Crippen LogP contribution in [0.15, 0.2) is 34.8 Å². The molecule has 9 heteroatoms. The van der Waals surface area contributed by atoms with Crippen molar-refractivity contribution in [3.63, 3.8) is 0 Å².